The van der Waals surface area contributed by atoms with Gasteiger partial charge in [-0.3, -0.25) is 10.1 Å². The van der Waals surface area contributed by atoms with Gasteiger partial charge in [0.2, 0.25) is 0 Å². The van der Waals surface area contributed by atoms with E-state index in [-0.39, 0.29) is 11.4 Å². The van der Waals surface area contributed by atoms with Crippen LogP contribution in [0.15, 0.2) is 36.4 Å². The topological polar surface area (TPSA) is 52.4 Å². The van der Waals surface area contributed by atoms with Crippen LogP contribution in [0.25, 0.3) is 0 Å². The molecule has 0 amide bonds. The van der Waals surface area contributed by atoms with Gasteiger partial charge in [-0.2, -0.15) is 0 Å². The quantitative estimate of drug-likeness (QED) is 0.459. The molecule has 2 rings (SSSR count). The Balaban J connectivity index is 2.38. The van der Waals surface area contributed by atoms with Crippen LogP contribution < -0.4 is 4.74 Å². The van der Waals surface area contributed by atoms with Crippen LogP contribution in [0.1, 0.15) is 11.1 Å². The van der Waals surface area contributed by atoms with Crippen molar-refractivity contribution in [2.75, 3.05) is 0 Å². The fourth-order valence-electron chi connectivity index (χ4n) is 1.74. The highest BCUT2D eigenvalue weighted by molar-refractivity contribution is 9.08. The summed E-state index contributed by atoms with van der Waals surface area (Å²) < 4.78 is 19.4. The summed E-state index contributed by atoms with van der Waals surface area (Å²) in [6.45, 7) is 1.68. The summed E-state index contributed by atoms with van der Waals surface area (Å²) in [6, 6.07) is 8.84. The second-order valence-electron chi connectivity index (χ2n) is 4.17. The number of nitro benzene ring substituents is 1. The van der Waals surface area contributed by atoms with Crippen LogP contribution >= 0.6 is 15.9 Å². The third kappa shape index (κ3) is 2.96. The number of rotatable bonds is 4. The number of ether oxygens (including phenoxy) is 1. The van der Waals surface area contributed by atoms with Crippen LogP contribution in [0.5, 0.6) is 11.5 Å². The average Bonchev–Trinajstić information content (AvgIpc) is 2.42. The minimum atomic E-state index is -0.482. The van der Waals surface area contributed by atoms with Crippen molar-refractivity contribution in [3.63, 3.8) is 0 Å². The Bertz CT molecular complexity index is 661. The summed E-state index contributed by atoms with van der Waals surface area (Å²) in [6.07, 6.45) is 0. The number of nitrogens with zero attached hydrogens (tertiary/aromatic N) is 1. The van der Waals surface area contributed by atoms with Crippen LogP contribution in [0.3, 0.4) is 0 Å². The van der Waals surface area contributed by atoms with E-state index in [4.69, 9.17) is 4.74 Å². The third-order valence-electron chi connectivity index (χ3n) is 2.77. The van der Waals surface area contributed by atoms with Gasteiger partial charge in [-0.05, 0) is 24.6 Å². The number of hydrogen-bond acceptors (Lipinski definition) is 3. The van der Waals surface area contributed by atoms with Crippen molar-refractivity contribution in [2.45, 2.75) is 12.3 Å². The molecule has 0 heterocycles. The Labute approximate surface area is 123 Å². The maximum Gasteiger partial charge on any atom is 0.269 e. The fraction of sp³-hybridized carbons (Fsp3) is 0.143. The Morgan fingerprint density at radius 1 is 1.35 bits per heavy atom. The van der Waals surface area contributed by atoms with Gasteiger partial charge in [0.1, 0.15) is 5.75 Å². The first kappa shape index (κ1) is 14.5. The lowest BCUT2D eigenvalue weighted by Crippen LogP contribution is -1.96. The third-order valence-corrected chi connectivity index (χ3v) is 3.38. The van der Waals surface area contributed by atoms with Crippen molar-refractivity contribution in [3.8, 4) is 11.5 Å². The molecule has 6 heteroatoms. The van der Waals surface area contributed by atoms with Crippen molar-refractivity contribution in [1.82, 2.24) is 0 Å². The van der Waals surface area contributed by atoms with E-state index in [1.54, 1.807) is 19.1 Å². The SMILES string of the molecule is Cc1cc([N+](=O)[O-])ccc1Oc1c(F)cccc1CBr. The molecular weight excluding hydrogens is 329 g/mol. The van der Waals surface area contributed by atoms with E-state index in [2.05, 4.69) is 15.9 Å². The van der Waals surface area contributed by atoms with Gasteiger partial charge < -0.3 is 4.74 Å². The molecule has 0 aromatic heterocycles. The molecule has 0 radical (unpaired) electrons. The molecule has 4 nitrogen and oxygen atoms in total. The average molecular weight is 340 g/mol. The number of para-hydroxylation sites is 1. The highest BCUT2D eigenvalue weighted by atomic mass is 79.9. The fourth-order valence-corrected chi connectivity index (χ4v) is 2.19. The molecule has 0 saturated heterocycles. The lowest BCUT2D eigenvalue weighted by atomic mass is 10.2. The van der Waals surface area contributed by atoms with E-state index in [9.17, 15) is 14.5 Å². The van der Waals surface area contributed by atoms with Gasteiger partial charge in [0.15, 0.2) is 11.6 Å². The number of alkyl halides is 1. The molecule has 0 atom stereocenters. The zero-order valence-electron chi connectivity index (χ0n) is 10.6. The maximum atomic E-state index is 13.8. The first-order valence-corrected chi connectivity index (χ1v) is 6.91. The van der Waals surface area contributed by atoms with Gasteiger partial charge in [-0.1, -0.05) is 28.1 Å². The number of non-ortho nitro benzene ring substituents is 1. The monoisotopic (exact) mass is 339 g/mol. The number of benzene rings is 2. The number of hydrogen-bond donors (Lipinski definition) is 0. The normalized spacial score (nSPS) is 10.3. The summed E-state index contributed by atoms with van der Waals surface area (Å²) in [5, 5.41) is 11.1. The summed E-state index contributed by atoms with van der Waals surface area (Å²) in [5.74, 6) is 0.0453. The predicted molar refractivity (Wildman–Crippen MR) is 76.9 cm³/mol. The molecule has 0 aliphatic heterocycles. The van der Waals surface area contributed by atoms with Crippen LogP contribution in [0.2, 0.25) is 0 Å². The lowest BCUT2D eigenvalue weighted by Gasteiger charge is -2.12. The van der Waals surface area contributed by atoms with Gasteiger partial charge in [-0.25, -0.2) is 4.39 Å². The second-order valence-corrected chi connectivity index (χ2v) is 4.73. The molecule has 0 unspecified atom stereocenters. The van der Waals surface area contributed by atoms with Gasteiger partial charge in [-0.15, -0.1) is 0 Å². The van der Waals surface area contributed by atoms with E-state index in [0.29, 0.717) is 22.2 Å². The van der Waals surface area contributed by atoms with Crippen LogP contribution in [-0.4, -0.2) is 4.92 Å². The smallest absolute Gasteiger partial charge is 0.269 e. The number of halogens is 2. The van der Waals surface area contributed by atoms with Gasteiger partial charge in [0, 0.05) is 23.0 Å². The highest BCUT2D eigenvalue weighted by Gasteiger charge is 2.14. The molecule has 20 heavy (non-hydrogen) atoms. The zero-order chi connectivity index (χ0) is 14.7. The molecule has 0 bridgehead atoms. The van der Waals surface area contributed by atoms with Gasteiger partial charge >= 0.3 is 0 Å². The van der Waals surface area contributed by atoms with Gasteiger partial charge in [0.25, 0.3) is 5.69 Å². The molecule has 2 aromatic rings. The number of nitro groups is 1. The molecule has 0 fully saturated rings. The molecule has 2 aromatic carbocycles. The van der Waals surface area contributed by atoms with Crippen molar-refractivity contribution in [3.05, 3.63) is 63.5 Å². The Kier molecular flexibility index (Phi) is 4.34. The Morgan fingerprint density at radius 3 is 2.70 bits per heavy atom. The largest absolute Gasteiger partial charge is 0.454 e. The van der Waals surface area contributed by atoms with Crippen molar-refractivity contribution < 1.29 is 14.1 Å². The van der Waals surface area contributed by atoms with Gasteiger partial charge in [0.05, 0.1) is 4.92 Å². The standard InChI is InChI=1S/C14H11BrFNO3/c1-9-7-11(17(18)19)5-6-13(9)20-14-10(8-15)3-2-4-12(14)16/h2-7H,8H2,1H3. The van der Waals surface area contributed by atoms with E-state index in [0.717, 1.165) is 0 Å². The van der Waals surface area contributed by atoms with Crippen molar-refractivity contribution in [1.29, 1.82) is 0 Å². The maximum absolute atomic E-state index is 13.8. The molecule has 0 saturated carbocycles. The number of aryl methyl sites for hydroxylation is 1. The molecular formula is C14H11BrFNO3. The molecule has 104 valence electrons. The Morgan fingerprint density at radius 2 is 2.10 bits per heavy atom. The van der Waals surface area contributed by atoms with Crippen LogP contribution in [0.4, 0.5) is 10.1 Å². The predicted octanol–water partition coefficient (Wildman–Crippen LogP) is 4.73. The van der Waals surface area contributed by atoms with E-state index in [1.165, 1.54) is 24.3 Å². The highest BCUT2D eigenvalue weighted by Crippen LogP contribution is 2.32. The molecule has 0 spiro atoms. The summed E-state index contributed by atoms with van der Waals surface area (Å²) in [4.78, 5) is 10.2. The van der Waals surface area contributed by atoms with Crippen molar-refractivity contribution in [2.24, 2.45) is 0 Å². The Hall–Kier alpha value is -1.95. The van der Waals surface area contributed by atoms with E-state index in [1.807, 2.05) is 0 Å². The van der Waals surface area contributed by atoms with Crippen molar-refractivity contribution >= 4 is 21.6 Å². The molecule has 0 N–H and O–H groups in total. The van der Waals surface area contributed by atoms with Crippen LogP contribution in [-0.2, 0) is 5.33 Å². The second kappa shape index (κ2) is 6.00. The summed E-state index contributed by atoms with van der Waals surface area (Å²) in [7, 11) is 0. The first-order valence-electron chi connectivity index (χ1n) is 5.79. The molecule has 0 aliphatic carbocycles. The lowest BCUT2D eigenvalue weighted by molar-refractivity contribution is -0.384. The minimum absolute atomic E-state index is 0.0240. The summed E-state index contributed by atoms with van der Waals surface area (Å²) in [5.41, 5.74) is 1.22. The summed E-state index contributed by atoms with van der Waals surface area (Å²) >= 11 is 3.27. The van der Waals surface area contributed by atoms with E-state index < -0.39 is 10.7 Å². The van der Waals surface area contributed by atoms with E-state index >= 15 is 0 Å². The first-order chi connectivity index (χ1) is 9.52. The zero-order valence-corrected chi connectivity index (χ0v) is 12.2. The molecule has 0 aliphatic rings. The van der Waals surface area contributed by atoms with Crippen LogP contribution in [0, 0.1) is 22.9 Å². The minimum Gasteiger partial charge on any atom is -0.454 e.